The Balaban J connectivity index is 0.00000243. The number of rotatable bonds is 4. The lowest BCUT2D eigenvalue weighted by Crippen LogP contribution is -2.43. The van der Waals surface area contributed by atoms with Gasteiger partial charge in [-0.05, 0) is 17.6 Å². The van der Waals surface area contributed by atoms with Crippen molar-refractivity contribution in [3.05, 3.63) is 58.1 Å². The van der Waals surface area contributed by atoms with Crippen LogP contribution in [0.3, 0.4) is 0 Å². The van der Waals surface area contributed by atoms with E-state index in [1.165, 1.54) is 16.1 Å². The van der Waals surface area contributed by atoms with Gasteiger partial charge in [0, 0.05) is 31.4 Å². The molecule has 2 aromatic rings. The van der Waals surface area contributed by atoms with E-state index >= 15 is 0 Å². The lowest BCUT2D eigenvalue weighted by atomic mass is 10.00. The second-order valence-corrected chi connectivity index (χ2v) is 7.41. The third-order valence-electron chi connectivity index (χ3n) is 4.36. The van der Waals surface area contributed by atoms with Gasteiger partial charge in [0.05, 0.1) is 17.2 Å². The summed E-state index contributed by atoms with van der Waals surface area (Å²) >= 11 is 1.74. The average Bonchev–Trinajstić information content (AvgIpc) is 3.13. The molecule has 0 atom stereocenters. The van der Waals surface area contributed by atoms with Crippen molar-refractivity contribution in [3.63, 3.8) is 0 Å². The molecule has 1 N–H and O–H groups in total. The number of nitrogens with one attached hydrogen (secondary N) is 1. The highest BCUT2D eigenvalue weighted by atomic mass is 127. The highest BCUT2D eigenvalue weighted by Crippen LogP contribution is 2.22. The van der Waals surface area contributed by atoms with Crippen LogP contribution in [0.25, 0.3) is 5.57 Å². The first kappa shape index (κ1) is 20.9. The lowest BCUT2D eigenvalue weighted by molar-refractivity contribution is 0.439. The van der Waals surface area contributed by atoms with Crippen molar-refractivity contribution in [1.82, 2.24) is 15.2 Å². The molecule has 6 heteroatoms. The van der Waals surface area contributed by atoms with Crippen LogP contribution in [0.1, 0.15) is 42.5 Å². The standard InChI is InChI=1S/C20H26N4S.HI/c1-15(2)19-23-18(14-25-19)13-22-20(21-3)24-11-9-17(10-12-24)16-7-5-4-6-8-16;/h4-9,14-15H,10-13H2,1-3H3,(H,21,22);1H. The third-order valence-corrected chi connectivity index (χ3v) is 5.55. The summed E-state index contributed by atoms with van der Waals surface area (Å²) in [6, 6.07) is 10.6. The van der Waals surface area contributed by atoms with Gasteiger partial charge in [0.2, 0.25) is 0 Å². The Morgan fingerprint density at radius 1 is 1.31 bits per heavy atom. The highest BCUT2D eigenvalue weighted by Gasteiger charge is 2.16. The molecule has 140 valence electrons. The van der Waals surface area contributed by atoms with Gasteiger partial charge in [-0.1, -0.05) is 50.3 Å². The van der Waals surface area contributed by atoms with E-state index in [4.69, 9.17) is 0 Å². The number of hydrogen-bond acceptors (Lipinski definition) is 3. The van der Waals surface area contributed by atoms with Crippen LogP contribution in [-0.2, 0) is 6.54 Å². The van der Waals surface area contributed by atoms with Crippen molar-refractivity contribution in [2.75, 3.05) is 20.1 Å². The zero-order valence-corrected chi connectivity index (χ0v) is 18.8. The van der Waals surface area contributed by atoms with Crippen LogP contribution < -0.4 is 5.32 Å². The van der Waals surface area contributed by atoms with Crippen molar-refractivity contribution in [2.45, 2.75) is 32.7 Å². The van der Waals surface area contributed by atoms with E-state index in [0.29, 0.717) is 5.92 Å². The largest absolute Gasteiger partial charge is 0.351 e. The summed E-state index contributed by atoms with van der Waals surface area (Å²) in [5.74, 6) is 1.43. The fourth-order valence-electron chi connectivity index (χ4n) is 2.95. The predicted molar refractivity (Wildman–Crippen MR) is 122 cm³/mol. The second-order valence-electron chi connectivity index (χ2n) is 6.52. The van der Waals surface area contributed by atoms with Gasteiger partial charge in [-0.25, -0.2) is 4.98 Å². The fourth-order valence-corrected chi connectivity index (χ4v) is 3.78. The molecular formula is C20H27IN4S. The Morgan fingerprint density at radius 2 is 2.08 bits per heavy atom. The Bertz CT molecular complexity index is 752. The van der Waals surface area contributed by atoms with Crippen molar-refractivity contribution in [2.24, 2.45) is 4.99 Å². The maximum atomic E-state index is 4.68. The Labute approximate surface area is 177 Å². The minimum Gasteiger partial charge on any atom is -0.351 e. The van der Waals surface area contributed by atoms with Crippen LogP contribution >= 0.6 is 35.3 Å². The molecule has 0 spiro atoms. The summed E-state index contributed by atoms with van der Waals surface area (Å²) in [7, 11) is 1.85. The number of aromatic nitrogens is 1. The minimum absolute atomic E-state index is 0. The normalized spacial score (nSPS) is 14.8. The zero-order chi connectivity index (χ0) is 17.6. The molecule has 0 amide bonds. The molecule has 0 saturated heterocycles. The van der Waals surface area contributed by atoms with Crippen LogP contribution in [0.15, 0.2) is 46.8 Å². The van der Waals surface area contributed by atoms with E-state index in [9.17, 15) is 0 Å². The summed E-state index contributed by atoms with van der Waals surface area (Å²) in [4.78, 5) is 11.4. The van der Waals surface area contributed by atoms with E-state index in [1.807, 2.05) is 7.05 Å². The van der Waals surface area contributed by atoms with Crippen molar-refractivity contribution in [3.8, 4) is 0 Å². The van der Waals surface area contributed by atoms with E-state index in [0.717, 1.165) is 37.7 Å². The first-order valence-electron chi connectivity index (χ1n) is 8.81. The van der Waals surface area contributed by atoms with E-state index in [2.05, 4.69) is 75.8 Å². The van der Waals surface area contributed by atoms with Gasteiger partial charge in [-0.2, -0.15) is 0 Å². The van der Waals surface area contributed by atoms with Gasteiger partial charge in [-0.15, -0.1) is 35.3 Å². The smallest absolute Gasteiger partial charge is 0.194 e. The number of guanidine groups is 1. The molecule has 1 aliphatic rings. The van der Waals surface area contributed by atoms with Gasteiger partial charge >= 0.3 is 0 Å². The molecule has 0 radical (unpaired) electrons. The minimum atomic E-state index is 0. The molecule has 26 heavy (non-hydrogen) atoms. The fraction of sp³-hybridized carbons (Fsp3) is 0.400. The second kappa shape index (κ2) is 10.1. The molecule has 2 heterocycles. The van der Waals surface area contributed by atoms with Gasteiger partial charge in [0.1, 0.15) is 0 Å². The Hall–Kier alpha value is -1.41. The molecule has 0 fully saturated rings. The number of thiazole rings is 1. The summed E-state index contributed by atoms with van der Waals surface area (Å²) in [6.45, 7) is 6.95. The molecule has 1 aromatic carbocycles. The van der Waals surface area contributed by atoms with Crippen molar-refractivity contribution < 1.29 is 0 Å². The molecule has 0 aliphatic carbocycles. The van der Waals surface area contributed by atoms with E-state index in [-0.39, 0.29) is 24.0 Å². The lowest BCUT2D eigenvalue weighted by Gasteiger charge is -2.29. The average molecular weight is 482 g/mol. The first-order chi connectivity index (χ1) is 12.2. The molecule has 0 bridgehead atoms. The number of aliphatic imine (C=N–C) groups is 1. The molecule has 3 rings (SSSR count). The number of nitrogens with zero attached hydrogens (tertiary/aromatic N) is 3. The van der Waals surface area contributed by atoms with Gasteiger partial charge in [0.25, 0.3) is 0 Å². The van der Waals surface area contributed by atoms with Gasteiger partial charge < -0.3 is 10.2 Å². The topological polar surface area (TPSA) is 40.5 Å². The van der Waals surface area contributed by atoms with Crippen molar-refractivity contribution in [1.29, 1.82) is 0 Å². The number of halogens is 1. The SMILES string of the molecule is CN=C(NCc1csc(C(C)C)n1)N1CC=C(c2ccccc2)CC1.I. The monoisotopic (exact) mass is 482 g/mol. The highest BCUT2D eigenvalue weighted by molar-refractivity contribution is 14.0. The van der Waals surface area contributed by atoms with Crippen LogP contribution in [0.5, 0.6) is 0 Å². The molecule has 1 aliphatic heterocycles. The first-order valence-corrected chi connectivity index (χ1v) is 9.69. The predicted octanol–water partition coefficient (Wildman–Crippen LogP) is 4.75. The van der Waals surface area contributed by atoms with Gasteiger partial charge in [0.15, 0.2) is 5.96 Å². The quantitative estimate of drug-likeness (QED) is 0.389. The number of hydrogen-bond donors (Lipinski definition) is 1. The van der Waals surface area contributed by atoms with Crippen LogP contribution in [0, 0.1) is 0 Å². The van der Waals surface area contributed by atoms with E-state index < -0.39 is 0 Å². The van der Waals surface area contributed by atoms with Crippen LogP contribution in [-0.4, -0.2) is 36.0 Å². The molecule has 0 unspecified atom stereocenters. The zero-order valence-electron chi connectivity index (χ0n) is 15.6. The Kier molecular flexibility index (Phi) is 8.09. The number of benzene rings is 1. The van der Waals surface area contributed by atoms with Crippen LogP contribution in [0.2, 0.25) is 0 Å². The maximum Gasteiger partial charge on any atom is 0.194 e. The summed E-state index contributed by atoms with van der Waals surface area (Å²) in [6.07, 6.45) is 3.35. The summed E-state index contributed by atoms with van der Waals surface area (Å²) in [5, 5.41) is 6.79. The van der Waals surface area contributed by atoms with Crippen LogP contribution in [0.4, 0.5) is 0 Å². The van der Waals surface area contributed by atoms with Gasteiger partial charge in [-0.3, -0.25) is 4.99 Å². The Morgan fingerprint density at radius 3 is 2.65 bits per heavy atom. The molecule has 0 saturated carbocycles. The maximum absolute atomic E-state index is 4.68. The van der Waals surface area contributed by atoms with Crippen molar-refractivity contribution >= 4 is 46.8 Å². The molecule has 1 aromatic heterocycles. The summed E-state index contributed by atoms with van der Waals surface area (Å²) in [5.41, 5.74) is 3.84. The summed E-state index contributed by atoms with van der Waals surface area (Å²) < 4.78 is 0. The molecule has 4 nitrogen and oxygen atoms in total. The molecular weight excluding hydrogens is 455 g/mol. The van der Waals surface area contributed by atoms with E-state index in [1.54, 1.807) is 11.3 Å². The third kappa shape index (κ3) is 5.30.